The maximum absolute atomic E-state index is 12.7. The quantitative estimate of drug-likeness (QED) is 0.0832. The predicted molar refractivity (Wildman–Crippen MR) is 287 cm³/mol. The van der Waals surface area contributed by atoms with Gasteiger partial charge >= 0.3 is 12.4 Å². The summed E-state index contributed by atoms with van der Waals surface area (Å²) >= 11 is 4.37. The van der Waals surface area contributed by atoms with Crippen LogP contribution >= 0.6 is 46.1 Å². The molecule has 2 aromatic carbocycles. The van der Waals surface area contributed by atoms with Crippen LogP contribution in [0, 0.1) is 0 Å². The smallest absolute Gasteiger partial charge is 0.368 e. The van der Waals surface area contributed by atoms with E-state index in [4.69, 9.17) is 0 Å². The van der Waals surface area contributed by atoms with Crippen molar-refractivity contribution in [3.63, 3.8) is 0 Å². The SMILES string of the molecule is Cn1ccc(-c2ccc3nnc(Sc4ccc5ncc(N6CCN(CC(F)(F)F)CC6)cc5c4)n3c2)n1.Cn1ccc(-c2ccc3nnc(Sc4ccc5ncc(N6CCNCC6)cc5c4)n3c2)n1.FC(F)(F)CI. The largest absolute Gasteiger partial charge is 0.401 e. The van der Waals surface area contributed by atoms with Crippen LogP contribution in [0.15, 0.2) is 142 Å². The zero-order valence-corrected chi connectivity index (χ0v) is 44.1. The minimum absolute atomic E-state index is 0.369. The van der Waals surface area contributed by atoms with Crippen molar-refractivity contribution in [1.29, 1.82) is 0 Å². The average Bonchev–Trinajstić information content (AvgIpc) is 4.24. The monoisotopic (exact) mass is 1180 g/mol. The molecule has 2 aliphatic heterocycles. The number of halogens is 7. The highest BCUT2D eigenvalue weighted by Gasteiger charge is 2.32. The molecule has 10 heterocycles. The molecule has 25 heteroatoms. The molecule has 2 fully saturated rings. The van der Waals surface area contributed by atoms with Crippen LogP contribution in [0.1, 0.15) is 0 Å². The zero-order valence-electron chi connectivity index (χ0n) is 40.3. The lowest BCUT2D eigenvalue weighted by Crippen LogP contribution is -2.49. The van der Waals surface area contributed by atoms with Gasteiger partial charge in [0.25, 0.3) is 0 Å². The maximum Gasteiger partial charge on any atom is 0.401 e. The lowest BCUT2D eigenvalue weighted by atomic mass is 10.2. The van der Waals surface area contributed by atoms with Gasteiger partial charge in [-0.1, -0.05) is 22.6 Å². The minimum atomic E-state index is -4.17. The summed E-state index contributed by atoms with van der Waals surface area (Å²) in [5.74, 6) is 0. The number of hydrogen-bond donors (Lipinski definition) is 1. The molecule has 12 rings (SSSR count). The van der Waals surface area contributed by atoms with Gasteiger partial charge in [-0.25, -0.2) is 0 Å². The molecule has 0 amide bonds. The molecule has 0 spiro atoms. The van der Waals surface area contributed by atoms with E-state index in [1.165, 1.54) is 44.9 Å². The number of alkyl halides is 7. The van der Waals surface area contributed by atoms with Crippen molar-refractivity contribution in [2.45, 2.75) is 32.5 Å². The number of pyridine rings is 4. The zero-order chi connectivity index (χ0) is 52.3. The fourth-order valence-corrected chi connectivity index (χ4v) is 10.3. The molecular weight excluding hydrogens is 1130 g/mol. The van der Waals surface area contributed by atoms with Crippen molar-refractivity contribution >= 4 is 90.6 Å². The van der Waals surface area contributed by atoms with Gasteiger partial charge in [0, 0.05) is 123 Å². The fourth-order valence-electron chi connectivity index (χ4n) is 8.54. The first kappa shape index (κ1) is 51.9. The number of piperazine rings is 2. The van der Waals surface area contributed by atoms with Crippen molar-refractivity contribution in [3.05, 3.63) is 122 Å². The Bertz CT molecular complexity index is 3580. The summed E-state index contributed by atoms with van der Waals surface area (Å²) in [4.78, 5) is 17.3. The molecule has 0 radical (unpaired) electrons. The molecule has 2 saturated heterocycles. The summed E-state index contributed by atoms with van der Waals surface area (Å²) in [7, 11) is 3.81. The van der Waals surface area contributed by atoms with Crippen LogP contribution in [0.3, 0.4) is 0 Å². The van der Waals surface area contributed by atoms with E-state index in [2.05, 4.69) is 86.0 Å². The van der Waals surface area contributed by atoms with Crippen LogP contribution in [0.4, 0.5) is 37.7 Å². The van der Waals surface area contributed by atoms with E-state index in [0.717, 1.165) is 108 Å². The lowest BCUT2D eigenvalue weighted by Gasteiger charge is -2.36. The Labute approximate surface area is 447 Å². The number of fused-ring (bicyclic) bond motifs is 4. The van der Waals surface area contributed by atoms with Gasteiger partial charge in [0.1, 0.15) is 0 Å². The van der Waals surface area contributed by atoms with E-state index in [9.17, 15) is 26.3 Å². The maximum atomic E-state index is 12.7. The Morgan fingerprint density at radius 3 is 1.45 bits per heavy atom. The molecule has 0 atom stereocenters. The van der Waals surface area contributed by atoms with Gasteiger partial charge in [0.2, 0.25) is 0 Å². The number of aromatic nitrogens is 12. The molecular formula is C50H47F6IN16S2. The average molecular weight is 1180 g/mol. The Balaban J connectivity index is 0.000000156. The van der Waals surface area contributed by atoms with Crippen LogP contribution in [-0.4, -0.2) is 139 Å². The summed E-state index contributed by atoms with van der Waals surface area (Å²) < 4.78 is 77.3. The summed E-state index contributed by atoms with van der Waals surface area (Å²) in [5.41, 5.74) is 9.30. The van der Waals surface area contributed by atoms with Crippen LogP contribution in [-0.2, 0) is 14.1 Å². The molecule has 0 aliphatic carbocycles. The number of anilines is 2. The molecule has 0 bridgehead atoms. The van der Waals surface area contributed by atoms with E-state index >= 15 is 0 Å². The van der Waals surface area contributed by atoms with E-state index in [1.54, 1.807) is 27.3 Å². The molecule has 0 saturated carbocycles. The Kier molecular flexibility index (Phi) is 15.5. The van der Waals surface area contributed by atoms with E-state index in [0.29, 0.717) is 26.2 Å². The van der Waals surface area contributed by atoms with Gasteiger partial charge in [0.15, 0.2) is 21.6 Å². The Morgan fingerprint density at radius 2 is 1.03 bits per heavy atom. The summed E-state index contributed by atoms with van der Waals surface area (Å²) in [6.45, 7) is 4.96. The molecule has 0 unspecified atom stereocenters. The first-order valence-corrected chi connectivity index (χ1v) is 26.7. The minimum Gasteiger partial charge on any atom is -0.368 e. The van der Waals surface area contributed by atoms with E-state index in [1.807, 2.05) is 108 Å². The fraction of sp³-hybridized carbons (Fsp3) is 0.280. The van der Waals surface area contributed by atoms with Gasteiger partial charge in [0.05, 0.1) is 57.2 Å². The van der Waals surface area contributed by atoms with Gasteiger partial charge in [-0.15, -0.1) is 20.4 Å². The lowest BCUT2D eigenvalue weighted by molar-refractivity contribution is -0.146. The number of benzene rings is 2. The highest BCUT2D eigenvalue weighted by atomic mass is 127. The predicted octanol–water partition coefficient (Wildman–Crippen LogP) is 9.74. The van der Waals surface area contributed by atoms with Crippen molar-refractivity contribution < 1.29 is 26.3 Å². The number of nitrogens with one attached hydrogen (secondary N) is 1. The molecule has 2 aliphatic rings. The van der Waals surface area contributed by atoms with Crippen molar-refractivity contribution in [2.24, 2.45) is 14.1 Å². The number of hydrogen-bond acceptors (Lipinski definition) is 14. The van der Waals surface area contributed by atoms with Crippen molar-refractivity contribution in [3.8, 4) is 22.5 Å². The number of rotatable bonds is 9. The third-order valence-electron chi connectivity index (χ3n) is 12.2. The van der Waals surface area contributed by atoms with Gasteiger partial charge in [-0.3, -0.25) is 33.0 Å². The normalized spacial score (nSPS) is 14.6. The highest BCUT2D eigenvalue weighted by Crippen LogP contribution is 2.34. The molecule has 75 heavy (non-hydrogen) atoms. The number of aryl methyl sites for hydroxylation is 2. The topological polar surface area (TPSA) is 144 Å². The molecule has 10 aromatic rings. The molecule has 16 nitrogen and oxygen atoms in total. The van der Waals surface area contributed by atoms with Crippen LogP contribution < -0.4 is 15.1 Å². The summed E-state index contributed by atoms with van der Waals surface area (Å²) in [6.07, 6.45) is 3.51. The van der Waals surface area contributed by atoms with Crippen molar-refractivity contribution in [1.82, 2.24) is 68.9 Å². The standard InChI is InChI=1S/C25H23F3N8S.C23H22N8S.C2H2F3I/c1-33-7-6-22(32-33)17-2-5-23-30-31-24(36(23)15-17)37-20-3-4-21-18(13-20)12-19(14-29-21)35-10-8-34(9-11-35)16-25(26,27)28;1-29-9-6-21(28-29)16-2-5-22-26-27-23(31(22)15-16)32-19-3-4-20-17(13-19)12-18(14-25-20)30-10-7-24-8-11-30;3-2(4,5)1-6/h2-7,12-15H,8-11,16H2,1H3;2-6,9,12-15,24H,7-8,10-11H2,1H3;1H2. The third-order valence-corrected chi connectivity index (χ3v) is 15.0. The van der Waals surface area contributed by atoms with Gasteiger partial charge in [-0.2, -0.15) is 36.5 Å². The van der Waals surface area contributed by atoms with Crippen molar-refractivity contribution in [2.75, 3.05) is 73.1 Å². The second kappa shape index (κ2) is 22.3. The Morgan fingerprint density at radius 1 is 0.560 bits per heavy atom. The third kappa shape index (κ3) is 12.9. The van der Waals surface area contributed by atoms with E-state index < -0.39 is 23.3 Å². The molecule has 8 aromatic heterocycles. The highest BCUT2D eigenvalue weighted by molar-refractivity contribution is 14.1. The van der Waals surface area contributed by atoms with Crippen LogP contribution in [0.5, 0.6) is 0 Å². The van der Waals surface area contributed by atoms with Gasteiger partial charge < -0.3 is 15.1 Å². The second-order valence-corrected chi connectivity index (χ2v) is 20.5. The number of nitrogens with zero attached hydrogens (tertiary/aromatic N) is 15. The van der Waals surface area contributed by atoms with Gasteiger partial charge in [-0.05, 0) is 108 Å². The summed E-state index contributed by atoms with van der Waals surface area (Å²) in [5, 5.41) is 33.5. The van der Waals surface area contributed by atoms with E-state index in [-0.39, 0.29) is 0 Å². The van der Waals surface area contributed by atoms with Crippen LogP contribution in [0.25, 0.3) is 55.6 Å². The Hall–Kier alpha value is -6.55. The summed E-state index contributed by atoms with van der Waals surface area (Å²) in [6, 6.07) is 28.5. The second-order valence-electron chi connectivity index (χ2n) is 17.7. The first-order chi connectivity index (χ1) is 36.1. The first-order valence-electron chi connectivity index (χ1n) is 23.6. The molecule has 388 valence electrons. The van der Waals surface area contributed by atoms with Crippen LogP contribution in [0.2, 0.25) is 0 Å². The molecule has 1 N–H and O–H groups in total.